The van der Waals surface area contributed by atoms with Crippen molar-refractivity contribution in [3.8, 4) is 0 Å². The number of rotatable bonds is 1. The fraction of sp³-hybridized carbons (Fsp3) is 0.625. The molecule has 0 amide bonds. The number of nitrogens with zero attached hydrogens (tertiary/aromatic N) is 3. The van der Waals surface area contributed by atoms with Crippen molar-refractivity contribution in [2.75, 3.05) is 6.54 Å². The standard InChI is InChI=1S/C8H13N5/c9-7-3-6(1-2-11-7)8-12-4-10-5-13-8/h4-7,11H,1-3,9H2. The van der Waals surface area contributed by atoms with Crippen LogP contribution in [0.5, 0.6) is 0 Å². The second kappa shape index (κ2) is 3.76. The average molecular weight is 179 g/mol. The molecule has 0 aromatic carbocycles. The van der Waals surface area contributed by atoms with Crippen LogP contribution < -0.4 is 11.1 Å². The molecule has 5 nitrogen and oxygen atoms in total. The molecular weight excluding hydrogens is 166 g/mol. The lowest BCUT2D eigenvalue weighted by atomic mass is 9.95. The lowest BCUT2D eigenvalue weighted by molar-refractivity contribution is 0.359. The highest BCUT2D eigenvalue weighted by Gasteiger charge is 2.21. The first kappa shape index (κ1) is 8.52. The molecule has 5 heteroatoms. The van der Waals surface area contributed by atoms with Crippen LogP contribution in [0.4, 0.5) is 0 Å². The number of hydrogen-bond donors (Lipinski definition) is 2. The number of nitrogens with one attached hydrogen (secondary N) is 1. The van der Waals surface area contributed by atoms with Crippen molar-refractivity contribution in [3.63, 3.8) is 0 Å². The van der Waals surface area contributed by atoms with E-state index in [0.29, 0.717) is 5.92 Å². The quantitative estimate of drug-likeness (QED) is 0.614. The Balaban J connectivity index is 2.08. The van der Waals surface area contributed by atoms with Gasteiger partial charge in [-0.25, -0.2) is 15.0 Å². The molecule has 2 unspecified atom stereocenters. The number of hydrogen-bond acceptors (Lipinski definition) is 5. The third-order valence-corrected chi connectivity index (χ3v) is 2.32. The van der Waals surface area contributed by atoms with Crippen molar-refractivity contribution in [2.24, 2.45) is 5.73 Å². The molecule has 3 N–H and O–H groups in total. The van der Waals surface area contributed by atoms with Gasteiger partial charge in [0, 0.05) is 5.92 Å². The van der Waals surface area contributed by atoms with Gasteiger partial charge in [-0.05, 0) is 19.4 Å². The fourth-order valence-electron chi connectivity index (χ4n) is 1.64. The summed E-state index contributed by atoms with van der Waals surface area (Å²) in [5.74, 6) is 1.26. The van der Waals surface area contributed by atoms with Crippen LogP contribution in [-0.4, -0.2) is 27.7 Å². The Bertz CT molecular complexity index is 262. The molecule has 70 valence electrons. The lowest BCUT2D eigenvalue weighted by Gasteiger charge is -2.26. The zero-order chi connectivity index (χ0) is 9.10. The van der Waals surface area contributed by atoms with Crippen molar-refractivity contribution in [2.45, 2.75) is 24.9 Å². The van der Waals surface area contributed by atoms with E-state index >= 15 is 0 Å². The molecule has 1 aromatic heterocycles. The molecule has 2 rings (SSSR count). The van der Waals surface area contributed by atoms with E-state index in [4.69, 9.17) is 5.73 Å². The van der Waals surface area contributed by atoms with Gasteiger partial charge in [0.15, 0.2) is 0 Å². The molecule has 2 atom stereocenters. The molecule has 0 spiro atoms. The van der Waals surface area contributed by atoms with Gasteiger partial charge in [-0.1, -0.05) is 0 Å². The lowest BCUT2D eigenvalue weighted by Crippen LogP contribution is -2.43. The number of piperidine rings is 1. The van der Waals surface area contributed by atoms with Gasteiger partial charge in [0.1, 0.15) is 18.5 Å². The van der Waals surface area contributed by atoms with Gasteiger partial charge in [0.25, 0.3) is 0 Å². The maximum atomic E-state index is 5.78. The van der Waals surface area contributed by atoms with Crippen LogP contribution in [0, 0.1) is 0 Å². The van der Waals surface area contributed by atoms with Gasteiger partial charge in [-0.3, -0.25) is 0 Å². The summed E-state index contributed by atoms with van der Waals surface area (Å²) < 4.78 is 0. The molecule has 0 saturated carbocycles. The SMILES string of the molecule is NC1CC(c2ncncn2)CCN1. The van der Waals surface area contributed by atoms with Crippen LogP contribution >= 0.6 is 0 Å². The van der Waals surface area contributed by atoms with Crippen molar-refractivity contribution >= 4 is 0 Å². The summed E-state index contributed by atoms with van der Waals surface area (Å²) in [5.41, 5.74) is 5.78. The van der Waals surface area contributed by atoms with E-state index in [2.05, 4.69) is 20.3 Å². The highest BCUT2D eigenvalue weighted by Crippen LogP contribution is 2.22. The highest BCUT2D eigenvalue weighted by atomic mass is 15.0. The summed E-state index contributed by atoms with van der Waals surface area (Å²) in [6.07, 6.45) is 5.11. The van der Waals surface area contributed by atoms with E-state index in [1.54, 1.807) is 0 Å². The molecule has 2 heterocycles. The first-order valence-corrected chi connectivity index (χ1v) is 4.47. The van der Waals surface area contributed by atoms with Crippen molar-refractivity contribution in [1.29, 1.82) is 0 Å². The minimum Gasteiger partial charge on any atom is -0.316 e. The molecule has 1 aliphatic heterocycles. The highest BCUT2D eigenvalue weighted by molar-refractivity contribution is 4.97. The van der Waals surface area contributed by atoms with Crippen LogP contribution in [-0.2, 0) is 0 Å². The monoisotopic (exact) mass is 179 g/mol. The number of nitrogens with two attached hydrogens (primary N) is 1. The Morgan fingerprint density at radius 2 is 2.15 bits per heavy atom. The summed E-state index contributed by atoms with van der Waals surface area (Å²) in [6.45, 7) is 0.942. The second-order valence-corrected chi connectivity index (χ2v) is 3.28. The second-order valence-electron chi connectivity index (χ2n) is 3.28. The summed E-state index contributed by atoms with van der Waals surface area (Å²) in [4.78, 5) is 12.1. The van der Waals surface area contributed by atoms with Crippen LogP contribution in [0.3, 0.4) is 0 Å². The number of aromatic nitrogens is 3. The predicted octanol–water partition coefficient (Wildman–Crippen LogP) is -0.377. The van der Waals surface area contributed by atoms with Crippen molar-refractivity contribution < 1.29 is 0 Å². The van der Waals surface area contributed by atoms with Crippen molar-refractivity contribution in [3.05, 3.63) is 18.5 Å². The molecule has 1 aliphatic rings. The minimum atomic E-state index is 0.0792. The Morgan fingerprint density at radius 1 is 1.38 bits per heavy atom. The van der Waals surface area contributed by atoms with Gasteiger partial charge in [0.05, 0.1) is 6.17 Å². The summed E-state index contributed by atoms with van der Waals surface area (Å²) >= 11 is 0. The Hall–Kier alpha value is -1.07. The van der Waals surface area contributed by atoms with Crippen LogP contribution in [0.25, 0.3) is 0 Å². The van der Waals surface area contributed by atoms with Gasteiger partial charge < -0.3 is 11.1 Å². The fourth-order valence-corrected chi connectivity index (χ4v) is 1.64. The Kier molecular flexibility index (Phi) is 2.47. The van der Waals surface area contributed by atoms with E-state index < -0.39 is 0 Å². The average Bonchev–Trinajstić information content (AvgIpc) is 2.19. The third-order valence-electron chi connectivity index (χ3n) is 2.32. The third kappa shape index (κ3) is 1.99. The molecule has 0 aliphatic carbocycles. The first-order valence-electron chi connectivity index (χ1n) is 4.47. The molecule has 0 bridgehead atoms. The predicted molar refractivity (Wildman–Crippen MR) is 47.8 cm³/mol. The molecular formula is C8H13N5. The van der Waals surface area contributed by atoms with E-state index in [-0.39, 0.29) is 6.17 Å². The van der Waals surface area contributed by atoms with E-state index in [1.165, 1.54) is 12.7 Å². The van der Waals surface area contributed by atoms with Crippen LogP contribution in [0.2, 0.25) is 0 Å². The topological polar surface area (TPSA) is 76.7 Å². The van der Waals surface area contributed by atoms with E-state index in [1.807, 2.05) is 0 Å². The Labute approximate surface area is 76.8 Å². The normalized spacial score (nSPS) is 28.7. The maximum Gasteiger partial charge on any atom is 0.135 e. The van der Waals surface area contributed by atoms with E-state index in [0.717, 1.165) is 25.2 Å². The van der Waals surface area contributed by atoms with Gasteiger partial charge in [-0.15, -0.1) is 0 Å². The zero-order valence-corrected chi connectivity index (χ0v) is 7.35. The van der Waals surface area contributed by atoms with Crippen LogP contribution in [0.1, 0.15) is 24.6 Å². The van der Waals surface area contributed by atoms with Gasteiger partial charge >= 0.3 is 0 Å². The smallest absolute Gasteiger partial charge is 0.135 e. The van der Waals surface area contributed by atoms with Gasteiger partial charge in [-0.2, -0.15) is 0 Å². The van der Waals surface area contributed by atoms with Crippen molar-refractivity contribution in [1.82, 2.24) is 20.3 Å². The van der Waals surface area contributed by atoms with Crippen LogP contribution in [0.15, 0.2) is 12.7 Å². The van der Waals surface area contributed by atoms with E-state index in [9.17, 15) is 0 Å². The largest absolute Gasteiger partial charge is 0.316 e. The van der Waals surface area contributed by atoms with Gasteiger partial charge in [0.2, 0.25) is 0 Å². The summed E-state index contributed by atoms with van der Waals surface area (Å²) in [6, 6.07) is 0. The summed E-state index contributed by atoms with van der Waals surface area (Å²) in [7, 11) is 0. The maximum absolute atomic E-state index is 5.78. The molecule has 1 saturated heterocycles. The summed E-state index contributed by atoms with van der Waals surface area (Å²) in [5, 5.41) is 3.19. The Morgan fingerprint density at radius 3 is 2.85 bits per heavy atom. The minimum absolute atomic E-state index is 0.0792. The molecule has 1 fully saturated rings. The molecule has 1 aromatic rings. The zero-order valence-electron chi connectivity index (χ0n) is 7.35. The molecule has 13 heavy (non-hydrogen) atoms. The molecule has 0 radical (unpaired) electrons. The first-order chi connectivity index (χ1) is 6.36.